The van der Waals surface area contributed by atoms with Crippen LogP contribution in [0.2, 0.25) is 0 Å². The van der Waals surface area contributed by atoms with E-state index in [1.54, 1.807) is 0 Å². The van der Waals surface area contributed by atoms with Crippen molar-refractivity contribution in [3.8, 4) is 5.75 Å². The Balaban J connectivity index is 1.39. The highest BCUT2D eigenvalue weighted by atomic mass is 16.5. The molecule has 2 unspecified atom stereocenters. The SMILES string of the molecule is CC(C)(C)c1ccccc1OCCNC(=O)CC1CC2CCC(C1)N2. The molecular formula is C21H32N2O2. The molecule has 25 heavy (non-hydrogen) atoms. The van der Waals surface area contributed by atoms with Gasteiger partial charge in [-0.3, -0.25) is 4.79 Å². The minimum absolute atomic E-state index is 0.0498. The largest absolute Gasteiger partial charge is 0.491 e. The Morgan fingerprint density at radius 3 is 2.56 bits per heavy atom. The van der Waals surface area contributed by atoms with Gasteiger partial charge in [-0.1, -0.05) is 39.0 Å². The zero-order chi connectivity index (χ0) is 17.9. The molecule has 0 saturated carbocycles. The highest BCUT2D eigenvalue weighted by molar-refractivity contribution is 5.76. The standard InChI is InChI=1S/C21H32N2O2/c1-21(2,3)18-6-4-5-7-19(18)25-11-10-22-20(24)14-15-12-16-8-9-17(13-15)23-16/h4-7,15-17,23H,8-14H2,1-3H3,(H,22,24). The second-order valence-corrected chi connectivity index (χ2v) is 8.62. The second kappa shape index (κ2) is 7.77. The lowest BCUT2D eigenvalue weighted by Gasteiger charge is -2.28. The predicted octanol–water partition coefficient (Wildman–Crippen LogP) is 3.40. The van der Waals surface area contributed by atoms with E-state index in [4.69, 9.17) is 4.74 Å². The van der Waals surface area contributed by atoms with E-state index < -0.39 is 0 Å². The summed E-state index contributed by atoms with van der Waals surface area (Å²) >= 11 is 0. The Bertz CT molecular complexity index is 582. The maximum absolute atomic E-state index is 12.2. The zero-order valence-corrected chi connectivity index (χ0v) is 15.8. The van der Waals surface area contributed by atoms with Gasteiger partial charge >= 0.3 is 0 Å². The van der Waals surface area contributed by atoms with Crippen LogP contribution in [-0.4, -0.2) is 31.1 Å². The van der Waals surface area contributed by atoms with E-state index in [1.807, 2.05) is 18.2 Å². The quantitative estimate of drug-likeness (QED) is 0.778. The molecule has 3 rings (SSSR count). The Morgan fingerprint density at radius 1 is 1.20 bits per heavy atom. The summed E-state index contributed by atoms with van der Waals surface area (Å²) in [5.74, 6) is 1.62. The highest BCUT2D eigenvalue weighted by Gasteiger charge is 2.34. The molecule has 2 aliphatic heterocycles. The number of ether oxygens (including phenoxy) is 1. The highest BCUT2D eigenvalue weighted by Crippen LogP contribution is 2.33. The zero-order valence-electron chi connectivity index (χ0n) is 15.8. The number of benzene rings is 1. The summed E-state index contributed by atoms with van der Waals surface area (Å²) in [6.45, 7) is 7.63. The number of carbonyl (C=O) groups is 1. The van der Waals surface area contributed by atoms with E-state index >= 15 is 0 Å². The van der Waals surface area contributed by atoms with E-state index in [9.17, 15) is 4.79 Å². The summed E-state index contributed by atoms with van der Waals surface area (Å²) in [5, 5.41) is 6.65. The van der Waals surface area contributed by atoms with Crippen molar-refractivity contribution in [3.63, 3.8) is 0 Å². The molecule has 1 amide bonds. The van der Waals surface area contributed by atoms with Crippen LogP contribution in [0.4, 0.5) is 0 Å². The fourth-order valence-electron chi connectivity index (χ4n) is 4.24. The number of nitrogens with one attached hydrogen (secondary N) is 2. The van der Waals surface area contributed by atoms with Crippen molar-refractivity contribution in [1.82, 2.24) is 10.6 Å². The van der Waals surface area contributed by atoms with Crippen molar-refractivity contribution in [1.29, 1.82) is 0 Å². The lowest BCUT2D eigenvalue weighted by molar-refractivity contribution is -0.122. The summed E-state index contributed by atoms with van der Waals surface area (Å²) in [6.07, 6.45) is 5.53. The predicted molar refractivity (Wildman–Crippen MR) is 101 cm³/mol. The summed E-state index contributed by atoms with van der Waals surface area (Å²) in [5.41, 5.74) is 1.25. The van der Waals surface area contributed by atoms with Crippen LogP contribution in [0.1, 0.15) is 58.4 Å². The van der Waals surface area contributed by atoms with Crippen molar-refractivity contribution in [2.75, 3.05) is 13.2 Å². The lowest BCUT2D eigenvalue weighted by atomic mass is 9.86. The summed E-state index contributed by atoms with van der Waals surface area (Å²) < 4.78 is 5.92. The van der Waals surface area contributed by atoms with Crippen LogP contribution in [-0.2, 0) is 10.2 Å². The number of fused-ring (bicyclic) bond motifs is 2. The Kier molecular flexibility index (Phi) is 5.67. The van der Waals surface area contributed by atoms with E-state index in [-0.39, 0.29) is 11.3 Å². The van der Waals surface area contributed by atoms with Crippen LogP contribution in [0.5, 0.6) is 5.75 Å². The third-order valence-electron chi connectivity index (χ3n) is 5.42. The van der Waals surface area contributed by atoms with E-state index in [1.165, 1.54) is 18.4 Å². The number of hydrogen-bond acceptors (Lipinski definition) is 3. The van der Waals surface area contributed by atoms with Gasteiger partial charge in [0.25, 0.3) is 0 Å². The molecule has 0 aromatic heterocycles. The third kappa shape index (κ3) is 4.97. The molecule has 1 aromatic carbocycles. The van der Waals surface area contributed by atoms with Crippen LogP contribution in [0.15, 0.2) is 24.3 Å². The van der Waals surface area contributed by atoms with Crippen molar-refractivity contribution in [2.24, 2.45) is 5.92 Å². The Labute approximate surface area is 151 Å². The molecule has 1 aromatic rings. The monoisotopic (exact) mass is 344 g/mol. The van der Waals surface area contributed by atoms with Gasteiger partial charge in [0.05, 0.1) is 6.54 Å². The molecule has 2 fully saturated rings. The lowest BCUT2D eigenvalue weighted by Crippen LogP contribution is -2.40. The number of piperidine rings is 1. The molecule has 2 N–H and O–H groups in total. The molecule has 2 atom stereocenters. The number of amides is 1. The molecule has 4 nitrogen and oxygen atoms in total. The van der Waals surface area contributed by atoms with Crippen LogP contribution < -0.4 is 15.4 Å². The van der Waals surface area contributed by atoms with E-state index in [0.29, 0.717) is 37.6 Å². The minimum Gasteiger partial charge on any atom is -0.491 e. The number of rotatable bonds is 6. The van der Waals surface area contributed by atoms with Gasteiger partial charge in [0.2, 0.25) is 5.91 Å². The van der Waals surface area contributed by atoms with E-state index in [0.717, 1.165) is 18.6 Å². The smallest absolute Gasteiger partial charge is 0.220 e. The second-order valence-electron chi connectivity index (χ2n) is 8.62. The summed E-state index contributed by atoms with van der Waals surface area (Å²) in [6, 6.07) is 9.45. The first-order valence-corrected chi connectivity index (χ1v) is 9.67. The molecule has 4 heteroatoms. The molecule has 2 saturated heterocycles. The normalized spacial score (nSPS) is 25.6. The molecule has 0 radical (unpaired) electrons. The average Bonchev–Trinajstić information content (AvgIpc) is 2.90. The Hall–Kier alpha value is -1.55. The van der Waals surface area contributed by atoms with Crippen LogP contribution >= 0.6 is 0 Å². The van der Waals surface area contributed by atoms with Crippen LogP contribution in [0.25, 0.3) is 0 Å². The number of para-hydroxylation sites is 1. The molecule has 2 heterocycles. The van der Waals surface area contributed by atoms with E-state index in [2.05, 4.69) is 37.5 Å². The summed E-state index contributed by atoms with van der Waals surface area (Å²) in [4.78, 5) is 12.2. The Morgan fingerprint density at radius 2 is 1.88 bits per heavy atom. The van der Waals surface area contributed by atoms with Gasteiger partial charge < -0.3 is 15.4 Å². The average molecular weight is 344 g/mol. The molecule has 2 aliphatic rings. The first kappa shape index (κ1) is 18.2. The maximum Gasteiger partial charge on any atom is 0.220 e. The van der Waals surface area contributed by atoms with Crippen LogP contribution in [0.3, 0.4) is 0 Å². The van der Waals surface area contributed by atoms with Crippen LogP contribution in [0, 0.1) is 5.92 Å². The van der Waals surface area contributed by atoms with Gasteiger partial charge in [-0.25, -0.2) is 0 Å². The van der Waals surface area contributed by atoms with Crippen molar-refractivity contribution in [3.05, 3.63) is 29.8 Å². The summed E-state index contributed by atoms with van der Waals surface area (Å²) in [7, 11) is 0. The molecular weight excluding hydrogens is 312 g/mol. The topological polar surface area (TPSA) is 50.4 Å². The van der Waals surface area contributed by atoms with Gasteiger partial charge in [0.1, 0.15) is 12.4 Å². The van der Waals surface area contributed by atoms with Gasteiger partial charge in [0.15, 0.2) is 0 Å². The minimum atomic E-state index is 0.0498. The maximum atomic E-state index is 12.2. The molecule has 0 spiro atoms. The molecule has 0 aliphatic carbocycles. The molecule has 138 valence electrons. The van der Waals surface area contributed by atoms with Crippen molar-refractivity contribution < 1.29 is 9.53 Å². The fourth-order valence-corrected chi connectivity index (χ4v) is 4.24. The third-order valence-corrected chi connectivity index (χ3v) is 5.42. The van der Waals surface area contributed by atoms with Gasteiger partial charge in [-0.05, 0) is 48.6 Å². The number of hydrogen-bond donors (Lipinski definition) is 2. The fraction of sp³-hybridized carbons (Fsp3) is 0.667. The first-order chi connectivity index (χ1) is 11.9. The van der Waals surface area contributed by atoms with Gasteiger partial charge in [0, 0.05) is 18.5 Å². The van der Waals surface area contributed by atoms with Crippen molar-refractivity contribution >= 4 is 5.91 Å². The van der Waals surface area contributed by atoms with Gasteiger partial charge in [-0.2, -0.15) is 0 Å². The number of carbonyl (C=O) groups excluding carboxylic acids is 1. The first-order valence-electron chi connectivity index (χ1n) is 9.67. The molecule has 2 bridgehead atoms. The van der Waals surface area contributed by atoms with Gasteiger partial charge in [-0.15, -0.1) is 0 Å². The van der Waals surface area contributed by atoms with Crippen molar-refractivity contribution in [2.45, 2.75) is 70.4 Å².